The Morgan fingerprint density at radius 1 is 1.14 bits per heavy atom. The number of carbonyl (C=O) groups excluding carboxylic acids is 1. The van der Waals surface area contributed by atoms with E-state index in [1.54, 1.807) is 24.4 Å². The predicted octanol–water partition coefficient (Wildman–Crippen LogP) is 3.75. The summed E-state index contributed by atoms with van der Waals surface area (Å²) in [6.07, 6.45) is -2.45. The van der Waals surface area contributed by atoms with Crippen molar-refractivity contribution in [1.29, 1.82) is 0 Å². The molecule has 29 heavy (non-hydrogen) atoms. The van der Waals surface area contributed by atoms with E-state index in [9.17, 15) is 18.0 Å². The zero-order chi connectivity index (χ0) is 20.2. The van der Waals surface area contributed by atoms with Gasteiger partial charge in [-0.15, -0.1) is 0 Å². The van der Waals surface area contributed by atoms with Gasteiger partial charge in [-0.1, -0.05) is 18.2 Å². The number of fused-ring (bicyclic) bond motifs is 2. The van der Waals surface area contributed by atoms with Crippen LogP contribution in [0.15, 0.2) is 47.0 Å². The third-order valence-corrected chi connectivity index (χ3v) is 5.64. The summed E-state index contributed by atoms with van der Waals surface area (Å²) in [6, 6.07) is 8.55. The predicted molar refractivity (Wildman–Crippen MR) is 98.1 cm³/mol. The number of piperidine rings is 1. The Balaban J connectivity index is 1.58. The SMILES string of the molecule is O=C1CC2C(CN1)Nc1n[nH]cc1C2c1ccc(-c2ccccc2C(F)(F)F)o1. The van der Waals surface area contributed by atoms with E-state index in [1.165, 1.54) is 12.1 Å². The summed E-state index contributed by atoms with van der Waals surface area (Å²) in [7, 11) is 0. The molecular formula is C20H17F3N4O2. The number of alkyl halides is 3. The lowest BCUT2D eigenvalue weighted by Gasteiger charge is -2.40. The van der Waals surface area contributed by atoms with Crippen LogP contribution in [-0.2, 0) is 11.0 Å². The number of anilines is 1. The second kappa shape index (κ2) is 6.40. The number of amides is 1. The normalized spacial score (nSPS) is 23.7. The van der Waals surface area contributed by atoms with E-state index in [4.69, 9.17) is 4.42 Å². The molecule has 0 saturated carbocycles. The molecule has 0 bridgehead atoms. The van der Waals surface area contributed by atoms with Gasteiger partial charge >= 0.3 is 6.18 Å². The van der Waals surface area contributed by atoms with Gasteiger partial charge < -0.3 is 15.1 Å². The van der Waals surface area contributed by atoms with Gasteiger partial charge in [-0.2, -0.15) is 18.3 Å². The molecule has 3 aromatic rings. The van der Waals surface area contributed by atoms with E-state index in [0.29, 0.717) is 24.5 Å². The van der Waals surface area contributed by atoms with Gasteiger partial charge in [-0.05, 0) is 18.2 Å². The molecule has 5 rings (SSSR count). The highest BCUT2D eigenvalue weighted by molar-refractivity contribution is 5.78. The first-order valence-corrected chi connectivity index (χ1v) is 9.25. The number of carbonyl (C=O) groups is 1. The molecular weight excluding hydrogens is 385 g/mol. The molecule has 0 spiro atoms. The van der Waals surface area contributed by atoms with Crippen LogP contribution in [0.1, 0.15) is 29.2 Å². The molecule has 1 fully saturated rings. The van der Waals surface area contributed by atoms with Crippen molar-refractivity contribution >= 4 is 11.7 Å². The van der Waals surface area contributed by atoms with Crippen LogP contribution in [0.2, 0.25) is 0 Å². The zero-order valence-corrected chi connectivity index (χ0v) is 15.1. The molecule has 3 atom stereocenters. The van der Waals surface area contributed by atoms with Gasteiger partial charge in [0.15, 0.2) is 5.82 Å². The van der Waals surface area contributed by atoms with Crippen LogP contribution in [0.3, 0.4) is 0 Å². The molecule has 0 radical (unpaired) electrons. The number of hydrogen-bond acceptors (Lipinski definition) is 4. The van der Waals surface area contributed by atoms with Crippen LogP contribution in [0, 0.1) is 5.92 Å². The minimum atomic E-state index is -4.48. The number of benzene rings is 1. The van der Waals surface area contributed by atoms with Crippen molar-refractivity contribution < 1.29 is 22.4 Å². The van der Waals surface area contributed by atoms with Gasteiger partial charge in [0.1, 0.15) is 11.5 Å². The fourth-order valence-electron chi connectivity index (χ4n) is 4.34. The molecule has 1 saturated heterocycles. The number of halogens is 3. The van der Waals surface area contributed by atoms with E-state index in [-0.39, 0.29) is 35.1 Å². The molecule has 2 aromatic heterocycles. The largest absolute Gasteiger partial charge is 0.460 e. The highest BCUT2D eigenvalue weighted by Crippen LogP contribution is 2.46. The molecule has 9 heteroatoms. The number of aromatic amines is 1. The number of H-pyrrole nitrogens is 1. The van der Waals surface area contributed by atoms with Crippen molar-refractivity contribution in [3.8, 4) is 11.3 Å². The highest BCUT2D eigenvalue weighted by Gasteiger charge is 2.44. The lowest BCUT2D eigenvalue weighted by molar-refractivity contribution is -0.137. The minimum Gasteiger partial charge on any atom is -0.460 e. The maximum atomic E-state index is 13.4. The summed E-state index contributed by atoms with van der Waals surface area (Å²) in [6.45, 7) is 0.455. The third-order valence-electron chi connectivity index (χ3n) is 5.64. The quantitative estimate of drug-likeness (QED) is 0.610. The van der Waals surface area contributed by atoms with E-state index in [0.717, 1.165) is 11.6 Å². The van der Waals surface area contributed by atoms with Crippen molar-refractivity contribution in [2.45, 2.75) is 24.6 Å². The summed E-state index contributed by atoms with van der Waals surface area (Å²) in [5.41, 5.74) is 0.0848. The smallest absolute Gasteiger partial charge is 0.417 e. The number of nitrogens with zero attached hydrogens (tertiary/aromatic N) is 1. The van der Waals surface area contributed by atoms with Gasteiger partial charge in [0, 0.05) is 42.2 Å². The van der Waals surface area contributed by atoms with Crippen LogP contribution in [0.5, 0.6) is 0 Å². The molecule has 150 valence electrons. The number of rotatable bonds is 2. The summed E-state index contributed by atoms with van der Waals surface area (Å²) < 4.78 is 46.2. The summed E-state index contributed by atoms with van der Waals surface area (Å²) in [5.74, 6) is 0.901. The highest BCUT2D eigenvalue weighted by atomic mass is 19.4. The van der Waals surface area contributed by atoms with Crippen LogP contribution < -0.4 is 10.6 Å². The van der Waals surface area contributed by atoms with E-state index in [1.807, 2.05) is 0 Å². The van der Waals surface area contributed by atoms with Gasteiger partial charge in [0.2, 0.25) is 5.91 Å². The fraction of sp³-hybridized carbons (Fsp3) is 0.300. The first kappa shape index (κ1) is 17.8. The second-order valence-electron chi connectivity index (χ2n) is 7.34. The van der Waals surface area contributed by atoms with E-state index < -0.39 is 11.7 Å². The number of aromatic nitrogens is 2. The number of furan rings is 1. The Bertz CT molecular complexity index is 1070. The number of nitrogens with one attached hydrogen (secondary N) is 3. The number of hydrogen-bond donors (Lipinski definition) is 3. The molecule has 0 aliphatic carbocycles. The van der Waals surface area contributed by atoms with Gasteiger partial charge in [0.05, 0.1) is 11.5 Å². The van der Waals surface area contributed by atoms with Gasteiger partial charge in [0.25, 0.3) is 0 Å². The van der Waals surface area contributed by atoms with Crippen molar-refractivity contribution in [3.63, 3.8) is 0 Å². The Hall–Kier alpha value is -3.23. The summed E-state index contributed by atoms with van der Waals surface area (Å²) in [5, 5.41) is 13.2. The average molecular weight is 402 g/mol. The van der Waals surface area contributed by atoms with Crippen molar-refractivity contribution in [2.24, 2.45) is 5.92 Å². The third kappa shape index (κ3) is 2.97. The molecule has 1 aromatic carbocycles. The standard InChI is InChI=1S/C20H17F3N4O2/c21-20(22,23)13-4-2-1-3-10(13)15-5-6-16(29-15)18-11-7-17(28)24-9-14(11)26-19-12(18)8-25-27-19/h1-6,8,11,14,18H,7,9H2,(H,24,28)(H2,25,26,27). The lowest BCUT2D eigenvalue weighted by atomic mass is 9.74. The van der Waals surface area contributed by atoms with Crippen molar-refractivity contribution in [1.82, 2.24) is 15.5 Å². The molecule has 3 unspecified atom stereocenters. The first-order chi connectivity index (χ1) is 13.9. The Kier molecular flexibility index (Phi) is 3.94. The van der Waals surface area contributed by atoms with Crippen LogP contribution >= 0.6 is 0 Å². The van der Waals surface area contributed by atoms with Crippen LogP contribution in [0.25, 0.3) is 11.3 Å². The molecule has 1 amide bonds. The average Bonchev–Trinajstić information content (AvgIpc) is 3.35. The topological polar surface area (TPSA) is 83.0 Å². The maximum Gasteiger partial charge on any atom is 0.417 e. The first-order valence-electron chi connectivity index (χ1n) is 9.25. The molecule has 6 nitrogen and oxygen atoms in total. The van der Waals surface area contributed by atoms with E-state index in [2.05, 4.69) is 20.8 Å². The molecule has 2 aliphatic rings. The summed E-state index contributed by atoms with van der Waals surface area (Å²) in [4.78, 5) is 12.0. The Morgan fingerprint density at radius 3 is 2.79 bits per heavy atom. The second-order valence-corrected chi connectivity index (χ2v) is 7.34. The maximum absolute atomic E-state index is 13.4. The monoisotopic (exact) mass is 402 g/mol. The molecule has 3 N–H and O–H groups in total. The van der Waals surface area contributed by atoms with E-state index >= 15 is 0 Å². The fourth-order valence-corrected chi connectivity index (χ4v) is 4.34. The van der Waals surface area contributed by atoms with Crippen molar-refractivity contribution in [2.75, 3.05) is 11.9 Å². The lowest BCUT2D eigenvalue weighted by Crippen LogP contribution is -2.52. The zero-order valence-electron chi connectivity index (χ0n) is 15.1. The summed E-state index contributed by atoms with van der Waals surface area (Å²) >= 11 is 0. The van der Waals surface area contributed by atoms with Crippen molar-refractivity contribution in [3.05, 3.63) is 59.5 Å². The van der Waals surface area contributed by atoms with Gasteiger partial charge in [-0.25, -0.2) is 0 Å². The van der Waals surface area contributed by atoms with Crippen LogP contribution in [-0.4, -0.2) is 28.7 Å². The Morgan fingerprint density at radius 2 is 1.97 bits per heavy atom. The minimum absolute atomic E-state index is 0.00876. The van der Waals surface area contributed by atoms with Crippen LogP contribution in [0.4, 0.5) is 19.0 Å². The molecule has 4 heterocycles. The molecule has 2 aliphatic heterocycles. The van der Waals surface area contributed by atoms with Gasteiger partial charge in [-0.3, -0.25) is 9.89 Å². The Labute approximate surface area is 163 Å².